The molecule has 4 rings (SSSR count). The average molecular weight is 416 g/mol. The van der Waals surface area contributed by atoms with Crippen LogP contribution in [0.15, 0.2) is 59.4 Å². The van der Waals surface area contributed by atoms with E-state index in [1.54, 1.807) is 12.4 Å². The molecule has 0 spiro atoms. The molecule has 2 aromatic heterocycles. The van der Waals surface area contributed by atoms with Crippen molar-refractivity contribution in [2.24, 2.45) is 16.5 Å². The molecule has 158 valence electrons. The molecule has 8 heteroatoms. The third-order valence-corrected chi connectivity index (χ3v) is 5.51. The minimum atomic E-state index is -0.409. The van der Waals surface area contributed by atoms with Crippen LogP contribution in [-0.2, 0) is 4.79 Å². The van der Waals surface area contributed by atoms with Gasteiger partial charge in [0, 0.05) is 42.5 Å². The molecule has 1 fully saturated rings. The lowest BCUT2D eigenvalue weighted by atomic mass is 9.97. The number of nitrogens with zero attached hydrogens (tertiary/aromatic N) is 4. The quantitative estimate of drug-likeness (QED) is 0.342. The number of likely N-dealkylation sites (tertiary alicyclic amines) is 1. The number of hydrogen-bond acceptors (Lipinski definition) is 5. The number of benzene rings is 1. The lowest BCUT2D eigenvalue weighted by Crippen LogP contribution is -2.41. The third-order valence-electron chi connectivity index (χ3n) is 5.51. The number of fused-ring (bicyclic) bond motifs is 1. The van der Waals surface area contributed by atoms with Crippen LogP contribution in [0.25, 0.3) is 21.9 Å². The minimum absolute atomic E-state index is 0.409. The molecule has 1 amide bonds. The van der Waals surface area contributed by atoms with E-state index in [2.05, 4.69) is 15.0 Å². The second-order valence-corrected chi connectivity index (χ2v) is 7.62. The molecule has 3 heterocycles. The number of rotatable bonds is 3. The van der Waals surface area contributed by atoms with Gasteiger partial charge in [-0.1, -0.05) is 23.8 Å². The van der Waals surface area contributed by atoms with Crippen LogP contribution in [0.1, 0.15) is 18.4 Å². The Morgan fingerprint density at radius 3 is 2.65 bits per heavy atom. The SMILES string of the molecule is Cc1ccnc(N)c1-c1cccc2cc(N=C(N)N3CCC(=CC(N)=O)CC3)ncc12. The number of amides is 1. The Morgan fingerprint density at radius 2 is 1.94 bits per heavy atom. The molecule has 0 saturated carbocycles. The smallest absolute Gasteiger partial charge is 0.241 e. The van der Waals surface area contributed by atoms with Gasteiger partial charge in [-0.25, -0.2) is 9.97 Å². The fraction of sp³-hybridized carbons (Fsp3) is 0.217. The van der Waals surface area contributed by atoms with Gasteiger partial charge in [0.05, 0.1) is 0 Å². The molecule has 0 atom stereocenters. The van der Waals surface area contributed by atoms with E-state index in [1.165, 1.54) is 6.08 Å². The number of aliphatic imine (C=N–C) groups is 1. The van der Waals surface area contributed by atoms with Crippen molar-refractivity contribution in [3.63, 3.8) is 0 Å². The van der Waals surface area contributed by atoms with Crippen LogP contribution >= 0.6 is 0 Å². The number of aromatic nitrogens is 2. The van der Waals surface area contributed by atoms with Crippen LogP contribution in [0.3, 0.4) is 0 Å². The molecule has 1 aliphatic rings. The van der Waals surface area contributed by atoms with E-state index >= 15 is 0 Å². The number of aryl methyl sites for hydroxylation is 1. The van der Waals surface area contributed by atoms with Crippen molar-refractivity contribution in [3.05, 3.63) is 59.9 Å². The van der Waals surface area contributed by atoms with Gasteiger partial charge >= 0.3 is 0 Å². The van der Waals surface area contributed by atoms with E-state index in [0.29, 0.717) is 30.7 Å². The monoisotopic (exact) mass is 415 g/mol. The van der Waals surface area contributed by atoms with Gasteiger partial charge in [-0.15, -0.1) is 0 Å². The van der Waals surface area contributed by atoms with Crippen molar-refractivity contribution in [1.82, 2.24) is 14.9 Å². The summed E-state index contributed by atoms with van der Waals surface area (Å²) < 4.78 is 0. The number of primary amides is 1. The Balaban J connectivity index is 1.61. The maximum atomic E-state index is 11.0. The number of piperidine rings is 1. The highest BCUT2D eigenvalue weighted by Crippen LogP contribution is 2.34. The van der Waals surface area contributed by atoms with Crippen molar-refractivity contribution in [2.45, 2.75) is 19.8 Å². The molecule has 3 aromatic rings. The number of pyridine rings is 2. The summed E-state index contributed by atoms with van der Waals surface area (Å²) in [5, 5.41) is 1.97. The van der Waals surface area contributed by atoms with Gasteiger partial charge in [0.1, 0.15) is 5.82 Å². The normalized spacial score (nSPS) is 14.7. The summed E-state index contributed by atoms with van der Waals surface area (Å²) in [5.41, 5.74) is 21.6. The zero-order valence-electron chi connectivity index (χ0n) is 17.4. The Hall–Kier alpha value is -3.94. The Bertz CT molecular complexity index is 1190. The maximum absolute atomic E-state index is 11.0. The summed E-state index contributed by atoms with van der Waals surface area (Å²) in [7, 11) is 0. The molecule has 6 N–H and O–H groups in total. The summed E-state index contributed by atoms with van der Waals surface area (Å²) in [5.74, 6) is 1.03. The molecule has 31 heavy (non-hydrogen) atoms. The molecule has 0 unspecified atom stereocenters. The van der Waals surface area contributed by atoms with Crippen molar-refractivity contribution < 1.29 is 4.79 Å². The van der Waals surface area contributed by atoms with Crippen LogP contribution < -0.4 is 17.2 Å². The number of carbonyl (C=O) groups is 1. The van der Waals surface area contributed by atoms with Gasteiger partial charge in [-0.05, 0) is 48.4 Å². The van der Waals surface area contributed by atoms with E-state index in [1.807, 2.05) is 42.2 Å². The summed E-state index contributed by atoms with van der Waals surface area (Å²) >= 11 is 0. The minimum Gasteiger partial charge on any atom is -0.383 e. The Labute approximate surface area is 180 Å². The van der Waals surface area contributed by atoms with Gasteiger partial charge in [0.15, 0.2) is 11.8 Å². The Morgan fingerprint density at radius 1 is 1.16 bits per heavy atom. The molecular weight excluding hydrogens is 390 g/mol. The van der Waals surface area contributed by atoms with E-state index < -0.39 is 5.91 Å². The zero-order chi connectivity index (χ0) is 22.0. The van der Waals surface area contributed by atoms with E-state index in [-0.39, 0.29) is 0 Å². The van der Waals surface area contributed by atoms with Gasteiger partial charge in [0.2, 0.25) is 5.91 Å². The predicted octanol–water partition coefficient (Wildman–Crippen LogP) is 2.64. The van der Waals surface area contributed by atoms with Crippen LogP contribution in [-0.4, -0.2) is 39.8 Å². The van der Waals surface area contributed by atoms with Crippen LogP contribution in [0, 0.1) is 6.92 Å². The Kier molecular flexibility index (Phi) is 5.53. The summed E-state index contributed by atoms with van der Waals surface area (Å²) in [4.78, 5) is 26.3. The molecule has 1 saturated heterocycles. The van der Waals surface area contributed by atoms with Gasteiger partial charge < -0.3 is 22.1 Å². The first-order valence-corrected chi connectivity index (χ1v) is 10.1. The largest absolute Gasteiger partial charge is 0.383 e. The summed E-state index contributed by atoms with van der Waals surface area (Å²) in [6.07, 6.45) is 6.48. The molecule has 0 radical (unpaired) electrons. The van der Waals surface area contributed by atoms with Crippen LogP contribution in [0.5, 0.6) is 0 Å². The lowest BCUT2D eigenvalue weighted by Gasteiger charge is -2.29. The topological polar surface area (TPSA) is 137 Å². The van der Waals surface area contributed by atoms with Crippen molar-refractivity contribution in [3.8, 4) is 11.1 Å². The van der Waals surface area contributed by atoms with Crippen LogP contribution in [0.4, 0.5) is 11.6 Å². The number of anilines is 1. The lowest BCUT2D eigenvalue weighted by molar-refractivity contribution is -0.113. The third kappa shape index (κ3) is 4.32. The number of carbonyl (C=O) groups excluding carboxylic acids is 1. The average Bonchev–Trinajstić information content (AvgIpc) is 2.73. The first-order chi connectivity index (χ1) is 14.9. The van der Waals surface area contributed by atoms with Crippen molar-refractivity contribution in [1.29, 1.82) is 0 Å². The number of nitrogen functional groups attached to an aromatic ring is 1. The van der Waals surface area contributed by atoms with Gasteiger partial charge in [-0.2, -0.15) is 4.99 Å². The first-order valence-electron chi connectivity index (χ1n) is 10.1. The standard InChI is InChI=1S/C23H25N7O/c1-14-5-8-27-22(25)21(14)17-4-2-3-16-12-20(28-13-18(16)17)29-23(26)30-9-6-15(7-10-30)11-19(24)31/h2-5,8,11-13H,6-7,9-10H2,1H3,(H2,24,31)(H2,25,27)(H2,26,28,29). The van der Waals surface area contributed by atoms with Gasteiger partial charge in [-0.3, -0.25) is 4.79 Å². The second kappa shape index (κ2) is 8.43. The van der Waals surface area contributed by atoms with Crippen LogP contribution in [0.2, 0.25) is 0 Å². The number of hydrogen-bond donors (Lipinski definition) is 3. The van der Waals surface area contributed by atoms with Gasteiger partial charge in [0.25, 0.3) is 0 Å². The molecule has 0 bridgehead atoms. The van der Waals surface area contributed by atoms with Crippen molar-refractivity contribution in [2.75, 3.05) is 18.8 Å². The molecular formula is C23H25N7O. The van der Waals surface area contributed by atoms with Crippen molar-refractivity contribution >= 4 is 34.3 Å². The predicted molar refractivity (Wildman–Crippen MR) is 123 cm³/mol. The molecule has 0 aliphatic carbocycles. The molecule has 1 aromatic carbocycles. The maximum Gasteiger partial charge on any atom is 0.241 e. The fourth-order valence-electron chi connectivity index (χ4n) is 3.93. The zero-order valence-corrected chi connectivity index (χ0v) is 17.4. The highest BCUT2D eigenvalue weighted by Gasteiger charge is 2.17. The van der Waals surface area contributed by atoms with E-state index in [0.717, 1.165) is 45.9 Å². The number of nitrogens with two attached hydrogens (primary N) is 3. The first kappa shape index (κ1) is 20.3. The summed E-state index contributed by atoms with van der Waals surface area (Å²) in [6.45, 7) is 3.39. The fourth-order valence-corrected chi connectivity index (χ4v) is 3.93. The molecule has 1 aliphatic heterocycles. The molecule has 8 nitrogen and oxygen atoms in total. The van der Waals surface area contributed by atoms with E-state index in [9.17, 15) is 4.79 Å². The number of guanidine groups is 1. The highest BCUT2D eigenvalue weighted by molar-refractivity contribution is 6.00. The van der Waals surface area contributed by atoms with E-state index in [4.69, 9.17) is 17.2 Å². The second-order valence-electron chi connectivity index (χ2n) is 7.62. The summed E-state index contributed by atoms with van der Waals surface area (Å²) in [6, 6.07) is 9.87. The highest BCUT2D eigenvalue weighted by atomic mass is 16.1.